The molecule has 7 nitrogen and oxygen atoms in total. The third kappa shape index (κ3) is 7.86. The van der Waals surface area contributed by atoms with Gasteiger partial charge in [-0.1, -0.05) is 23.2 Å². The summed E-state index contributed by atoms with van der Waals surface area (Å²) in [4.78, 5) is 20.9. The van der Waals surface area contributed by atoms with Gasteiger partial charge in [0.2, 0.25) is 6.41 Å². The van der Waals surface area contributed by atoms with Gasteiger partial charge in [0.15, 0.2) is 0 Å². The van der Waals surface area contributed by atoms with Crippen LogP contribution in [0.2, 0.25) is 10.0 Å². The Hall–Kier alpha value is -2.61. The first-order chi connectivity index (χ1) is 14.8. The average Bonchev–Trinajstić information content (AvgIpc) is 2.76. The zero-order chi connectivity index (χ0) is 22.8. The highest BCUT2D eigenvalue weighted by molar-refractivity contribution is 6.33. The third-order valence-corrected chi connectivity index (χ3v) is 5.29. The number of anilines is 2. The number of amides is 1. The van der Waals surface area contributed by atoms with E-state index in [1.807, 2.05) is 43.0 Å². The summed E-state index contributed by atoms with van der Waals surface area (Å²) in [7, 11) is 0. The Morgan fingerprint density at radius 3 is 2.45 bits per heavy atom. The molecule has 2 aromatic rings. The Balaban J connectivity index is 0.000000225. The molecule has 0 saturated carbocycles. The lowest BCUT2D eigenvalue weighted by Gasteiger charge is -2.31. The lowest BCUT2D eigenvalue weighted by molar-refractivity contribution is -0.105. The largest absolute Gasteiger partial charge is 0.404 e. The van der Waals surface area contributed by atoms with Crippen molar-refractivity contribution in [1.29, 1.82) is 0 Å². The minimum atomic E-state index is -0.221. The summed E-state index contributed by atoms with van der Waals surface area (Å²) >= 11 is 11.9. The maximum atomic E-state index is 10.3. The Morgan fingerprint density at radius 1 is 1.26 bits per heavy atom. The summed E-state index contributed by atoms with van der Waals surface area (Å²) in [6, 6.07) is 9.04. The molecule has 31 heavy (non-hydrogen) atoms. The number of hydrogen-bond acceptors (Lipinski definition) is 6. The molecule has 0 atom stereocenters. The van der Waals surface area contributed by atoms with Gasteiger partial charge < -0.3 is 21.1 Å². The van der Waals surface area contributed by atoms with Gasteiger partial charge in [0, 0.05) is 23.8 Å². The smallest absolute Gasteiger partial charge is 0.211 e. The highest BCUT2D eigenvalue weighted by atomic mass is 35.5. The first-order valence-corrected chi connectivity index (χ1v) is 10.6. The van der Waals surface area contributed by atoms with E-state index >= 15 is 0 Å². The topological polar surface area (TPSA) is 104 Å². The van der Waals surface area contributed by atoms with E-state index in [2.05, 4.69) is 15.3 Å². The number of piperidine rings is 1. The molecule has 4 N–H and O–H groups in total. The van der Waals surface area contributed by atoms with Crippen molar-refractivity contribution in [3.63, 3.8) is 0 Å². The number of nitrogens with two attached hydrogens (primary N) is 1. The molecule has 1 aromatic heterocycles. The van der Waals surface area contributed by atoms with Gasteiger partial charge in [-0.05, 0) is 68.8 Å². The molecule has 1 aliphatic rings. The van der Waals surface area contributed by atoms with Crippen LogP contribution in [0.25, 0.3) is 0 Å². The number of nitrogens with one attached hydrogen (secondary N) is 1. The number of carbonyl (C=O) groups is 1. The standard InChI is InChI=1S/C11H14ClN3O2.C11H13ClN2/c12-10-5-8(14-7-16)6-13-11(10)15-3-1-9(17)2-4-15;1-8(7-13)9(2)14-11-5-3-10(12)4-6-11/h5-7,9,17H,1-4H2,(H,14,16);3-7H,13H2,1-2H3/b;8-7-,14-9?. The summed E-state index contributed by atoms with van der Waals surface area (Å²) in [5, 5.41) is 13.2. The molecule has 1 aromatic carbocycles. The number of rotatable bonds is 5. The number of aliphatic hydroxyl groups excluding tert-OH is 1. The Kier molecular flexibility index (Phi) is 9.78. The zero-order valence-electron chi connectivity index (χ0n) is 17.6. The fourth-order valence-corrected chi connectivity index (χ4v) is 3.22. The van der Waals surface area contributed by atoms with Gasteiger partial charge in [-0.15, -0.1) is 0 Å². The summed E-state index contributed by atoms with van der Waals surface area (Å²) in [5.41, 5.74) is 8.73. The zero-order valence-corrected chi connectivity index (χ0v) is 19.1. The van der Waals surface area contributed by atoms with Crippen molar-refractivity contribution in [1.82, 2.24) is 4.98 Å². The number of aliphatic hydroxyl groups is 1. The van der Waals surface area contributed by atoms with E-state index in [1.165, 1.54) is 0 Å². The van der Waals surface area contributed by atoms with E-state index in [0.29, 0.717) is 28.0 Å². The third-order valence-electron chi connectivity index (χ3n) is 4.76. The van der Waals surface area contributed by atoms with Gasteiger partial charge in [-0.2, -0.15) is 0 Å². The van der Waals surface area contributed by atoms with Gasteiger partial charge in [0.05, 0.1) is 28.7 Å². The fourth-order valence-electron chi connectivity index (χ4n) is 2.81. The summed E-state index contributed by atoms with van der Waals surface area (Å²) < 4.78 is 0. The molecule has 1 saturated heterocycles. The van der Waals surface area contributed by atoms with Crippen LogP contribution in [0.4, 0.5) is 17.2 Å². The van der Waals surface area contributed by atoms with Crippen molar-refractivity contribution in [3.8, 4) is 0 Å². The number of nitrogens with zero attached hydrogens (tertiary/aromatic N) is 3. The molecule has 0 radical (unpaired) electrons. The first-order valence-electron chi connectivity index (χ1n) is 9.82. The average molecular weight is 464 g/mol. The van der Waals surface area contributed by atoms with Crippen molar-refractivity contribution in [3.05, 3.63) is 58.3 Å². The van der Waals surface area contributed by atoms with Gasteiger partial charge in [0.25, 0.3) is 0 Å². The molecule has 2 heterocycles. The molecule has 1 fully saturated rings. The molecule has 166 valence electrons. The Morgan fingerprint density at radius 2 is 1.90 bits per heavy atom. The molecule has 0 bridgehead atoms. The lowest BCUT2D eigenvalue weighted by Crippen LogP contribution is -2.36. The highest BCUT2D eigenvalue weighted by Crippen LogP contribution is 2.28. The summed E-state index contributed by atoms with van der Waals surface area (Å²) in [6.07, 6.45) is 4.94. The van der Waals surface area contributed by atoms with Crippen LogP contribution in [-0.2, 0) is 4.79 Å². The van der Waals surface area contributed by atoms with E-state index in [-0.39, 0.29) is 6.10 Å². The number of carbonyl (C=O) groups excluding carboxylic acids is 1. The predicted octanol–water partition coefficient (Wildman–Crippen LogP) is 4.56. The number of aromatic nitrogens is 1. The number of pyridine rings is 1. The second kappa shape index (κ2) is 12.3. The minimum Gasteiger partial charge on any atom is -0.404 e. The van der Waals surface area contributed by atoms with Crippen molar-refractivity contribution in [2.45, 2.75) is 32.8 Å². The number of benzene rings is 1. The van der Waals surface area contributed by atoms with Crippen LogP contribution in [0.1, 0.15) is 26.7 Å². The van der Waals surface area contributed by atoms with Gasteiger partial charge in [-0.3, -0.25) is 9.79 Å². The lowest BCUT2D eigenvalue weighted by atomic mass is 10.1. The van der Waals surface area contributed by atoms with Crippen molar-refractivity contribution in [2.24, 2.45) is 10.7 Å². The van der Waals surface area contributed by atoms with E-state index in [0.717, 1.165) is 42.9 Å². The van der Waals surface area contributed by atoms with Crippen LogP contribution < -0.4 is 16.0 Å². The van der Waals surface area contributed by atoms with Crippen molar-refractivity contribution < 1.29 is 9.90 Å². The monoisotopic (exact) mass is 463 g/mol. The van der Waals surface area contributed by atoms with Crippen LogP contribution in [0.3, 0.4) is 0 Å². The maximum absolute atomic E-state index is 10.3. The van der Waals surface area contributed by atoms with Gasteiger partial charge >= 0.3 is 0 Å². The van der Waals surface area contributed by atoms with E-state index in [1.54, 1.807) is 18.5 Å². The number of halogens is 2. The molecule has 1 aliphatic heterocycles. The fraction of sp³-hybridized carbons (Fsp3) is 0.318. The molecule has 1 amide bonds. The Labute approximate surface area is 192 Å². The van der Waals surface area contributed by atoms with Crippen LogP contribution in [0, 0.1) is 0 Å². The number of allylic oxidation sites excluding steroid dienone is 1. The van der Waals surface area contributed by atoms with Crippen molar-refractivity contribution >= 4 is 52.5 Å². The predicted molar refractivity (Wildman–Crippen MR) is 129 cm³/mol. The maximum Gasteiger partial charge on any atom is 0.211 e. The normalized spacial score (nSPS) is 15.2. The molecule has 9 heteroatoms. The van der Waals surface area contributed by atoms with Gasteiger partial charge in [-0.25, -0.2) is 4.98 Å². The van der Waals surface area contributed by atoms with Crippen LogP contribution in [-0.4, -0.2) is 41.4 Å². The SMILES string of the molecule is CC(=Nc1ccc(Cl)cc1)/C(C)=C\N.O=CNc1cnc(N2CCC(O)CC2)c(Cl)c1. The van der Waals surface area contributed by atoms with E-state index in [9.17, 15) is 9.90 Å². The number of hydrogen-bond donors (Lipinski definition) is 3. The quantitative estimate of drug-likeness (QED) is 0.445. The highest BCUT2D eigenvalue weighted by Gasteiger charge is 2.20. The molecular weight excluding hydrogens is 437 g/mol. The number of aliphatic imine (C=N–C) groups is 1. The van der Waals surface area contributed by atoms with Gasteiger partial charge in [0.1, 0.15) is 5.82 Å². The first kappa shape index (κ1) is 24.7. The van der Waals surface area contributed by atoms with Crippen LogP contribution in [0.15, 0.2) is 53.3 Å². The Bertz CT molecular complexity index is 924. The van der Waals surface area contributed by atoms with Crippen molar-refractivity contribution in [2.75, 3.05) is 23.3 Å². The molecule has 0 aliphatic carbocycles. The van der Waals surface area contributed by atoms with E-state index in [4.69, 9.17) is 28.9 Å². The second-order valence-electron chi connectivity index (χ2n) is 7.03. The van der Waals surface area contributed by atoms with Crippen LogP contribution >= 0.6 is 23.2 Å². The second-order valence-corrected chi connectivity index (χ2v) is 7.88. The van der Waals surface area contributed by atoms with E-state index < -0.39 is 0 Å². The molecular formula is C22H27Cl2N5O2. The summed E-state index contributed by atoms with van der Waals surface area (Å²) in [5.74, 6) is 0.704. The molecule has 3 rings (SSSR count). The molecule has 0 spiro atoms. The summed E-state index contributed by atoms with van der Waals surface area (Å²) in [6.45, 7) is 5.34. The van der Waals surface area contributed by atoms with Crippen LogP contribution in [0.5, 0.6) is 0 Å². The molecule has 0 unspecified atom stereocenters. The minimum absolute atomic E-state index is 0.221.